The zero-order chi connectivity index (χ0) is 14.3. The molecule has 1 aromatic carbocycles. The molecule has 0 aromatic heterocycles. The second-order valence-electron chi connectivity index (χ2n) is 5.95. The molecule has 0 fully saturated rings. The van der Waals surface area contributed by atoms with Crippen LogP contribution in [0.15, 0.2) is 24.3 Å². The summed E-state index contributed by atoms with van der Waals surface area (Å²) in [5.74, 6) is 1.21. The molecule has 0 bridgehead atoms. The lowest BCUT2D eigenvalue weighted by Gasteiger charge is -2.22. The molecule has 0 saturated heterocycles. The van der Waals surface area contributed by atoms with Crippen LogP contribution in [0.3, 0.4) is 0 Å². The van der Waals surface area contributed by atoms with Crippen LogP contribution >= 0.6 is 0 Å². The summed E-state index contributed by atoms with van der Waals surface area (Å²) in [6, 6.07) is 8.83. The van der Waals surface area contributed by atoms with Gasteiger partial charge in [-0.05, 0) is 44.2 Å². The highest BCUT2D eigenvalue weighted by Crippen LogP contribution is 2.22. The fraction of sp³-hybridized carbons (Fsp3) is 0.647. The molecule has 0 aliphatic rings. The molecule has 0 saturated carbocycles. The molecule has 1 N–H and O–H groups in total. The molecule has 2 heteroatoms. The van der Waals surface area contributed by atoms with Crippen molar-refractivity contribution in [1.82, 2.24) is 5.32 Å². The fourth-order valence-corrected chi connectivity index (χ4v) is 2.30. The van der Waals surface area contributed by atoms with Gasteiger partial charge in [0.1, 0.15) is 0 Å². The number of benzene rings is 1. The van der Waals surface area contributed by atoms with Crippen LogP contribution in [-0.2, 0) is 4.74 Å². The van der Waals surface area contributed by atoms with Crippen molar-refractivity contribution >= 4 is 0 Å². The average molecular weight is 263 g/mol. The molecule has 2 atom stereocenters. The van der Waals surface area contributed by atoms with Crippen molar-refractivity contribution in [3.05, 3.63) is 35.4 Å². The van der Waals surface area contributed by atoms with E-state index in [1.807, 2.05) is 0 Å². The first-order chi connectivity index (χ1) is 9.02. The van der Waals surface area contributed by atoms with Crippen LogP contribution in [0.5, 0.6) is 0 Å². The van der Waals surface area contributed by atoms with Gasteiger partial charge in [0.05, 0.1) is 6.10 Å². The molecular formula is C17H29NO. The Morgan fingerprint density at radius 2 is 1.89 bits per heavy atom. The van der Waals surface area contributed by atoms with Crippen molar-refractivity contribution in [2.75, 3.05) is 20.2 Å². The molecule has 2 nitrogen and oxygen atoms in total. The molecule has 0 amide bonds. The highest BCUT2D eigenvalue weighted by atomic mass is 16.5. The number of aryl methyl sites for hydroxylation is 1. The third-order valence-corrected chi connectivity index (χ3v) is 3.48. The average Bonchev–Trinajstić information content (AvgIpc) is 2.37. The molecule has 0 radical (unpaired) electrons. The van der Waals surface area contributed by atoms with E-state index in [-0.39, 0.29) is 0 Å². The third kappa shape index (κ3) is 6.22. The Kier molecular flexibility index (Phi) is 7.11. The van der Waals surface area contributed by atoms with Crippen molar-refractivity contribution in [2.45, 2.75) is 46.1 Å². The number of nitrogens with one attached hydrogen (secondary N) is 1. The molecule has 0 aliphatic heterocycles. The molecule has 19 heavy (non-hydrogen) atoms. The van der Waals surface area contributed by atoms with Gasteiger partial charge in [0.25, 0.3) is 0 Å². The number of hydrogen-bond acceptors (Lipinski definition) is 2. The van der Waals surface area contributed by atoms with Gasteiger partial charge < -0.3 is 10.1 Å². The maximum atomic E-state index is 5.43. The molecule has 1 rings (SSSR count). The standard InChI is InChI=1S/C17H29NO/c1-13(2)11-18-12-17(10-15(4)19-5)16-8-6-7-14(3)9-16/h6-9,13,15,17-18H,10-12H2,1-5H3. The highest BCUT2D eigenvalue weighted by Gasteiger charge is 2.15. The number of rotatable bonds is 8. The van der Waals surface area contributed by atoms with E-state index in [0.717, 1.165) is 19.5 Å². The minimum absolute atomic E-state index is 0.298. The van der Waals surface area contributed by atoms with Crippen molar-refractivity contribution in [3.8, 4) is 0 Å². The fourth-order valence-electron chi connectivity index (χ4n) is 2.30. The van der Waals surface area contributed by atoms with Crippen LogP contribution in [0.1, 0.15) is 44.2 Å². The van der Waals surface area contributed by atoms with Crippen molar-refractivity contribution in [2.24, 2.45) is 5.92 Å². The van der Waals surface area contributed by atoms with E-state index in [4.69, 9.17) is 4.74 Å². The summed E-state index contributed by atoms with van der Waals surface area (Å²) in [4.78, 5) is 0. The number of methoxy groups -OCH3 is 1. The predicted octanol–water partition coefficient (Wildman–Crippen LogP) is 3.75. The van der Waals surface area contributed by atoms with Gasteiger partial charge in [-0.15, -0.1) is 0 Å². The number of hydrogen-bond donors (Lipinski definition) is 1. The Hall–Kier alpha value is -0.860. The monoisotopic (exact) mass is 263 g/mol. The first-order valence-corrected chi connectivity index (χ1v) is 7.33. The Balaban J connectivity index is 2.68. The normalized spacial score (nSPS) is 14.6. The van der Waals surface area contributed by atoms with E-state index in [9.17, 15) is 0 Å². The van der Waals surface area contributed by atoms with Crippen LogP contribution in [0.4, 0.5) is 0 Å². The van der Waals surface area contributed by atoms with E-state index < -0.39 is 0 Å². The molecule has 0 aliphatic carbocycles. The molecule has 0 heterocycles. The Morgan fingerprint density at radius 1 is 1.16 bits per heavy atom. The Labute approximate surface area is 118 Å². The quantitative estimate of drug-likeness (QED) is 0.771. The van der Waals surface area contributed by atoms with E-state index in [1.165, 1.54) is 11.1 Å². The smallest absolute Gasteiger partial charge is 0.0549 e. The molecule has 2 unspecified atom stereocenters. The lowest BCUT2D eigenvalue weighted by Crippen LogP contribution is -2.27. The lowest BCUT2D eigenvalue weighted by atomic mass is 9.92. The third-order valence-electron chi connectivity index (χ3n) is 3.48. The van der Waals surface area contributed by atoms with Gasteiger partial charge in [-0.25, -0.2) is 0 Å². The van der Waals surface area contributed by atoms with Gasteiger partial charge in [-0.2, -0.15) is 0 Å². The summed E-state index contributed by atoms with van der Waals surface area (Å²) in [6.07, 6.45) is 1.36. The summed E-state index contributed by atoms with van der Waals surface area (Å²) >= 11 is 0. The van der Waals surface area contributed by atoms with E-state index in [1.54, 1.807) is 7.11 Å². The molecular weight excluding hydrogens is 234 g/mol. The van der Waals surface area contributed by atoms with Crippen LogP contribution < -0.4 is 5.32 Å². The van der Waals surface area contributed by atoms with Gasteiger partial charge in [-0.3, -0.25) is 0 Å². The van der Waals surface area contributed by atoms with Crippen LogP contribution in [0.25, 0.3) is 0 Å². The minimum atomic E-state index is 0.298. The largest absolute Gasteiger partial charge is 0.382 e. The minimum Gasteiger partial charge on any atom is -0.382 e. The first kappa shape index (κ1) is 16.2. The predicted molar refractivity (Wildman–Crippen MR) is 82.7 cm³/mol. The van der Waals surface area contributed by atoms with Gasteiger partial charge in [0.2, 0.25) is 0 Å². The summed E-state index contributed by atoms with van der Waals surface area (Å²) in [5.41, 5.74) is 2.75. The molecule has 0 spiro atoms. The molecule has 108 valence electrons. The lowest BCUT2D eigenvalue weighted by molar-refractivity contribution is 0.104. The van der Waals surface area contributed by atoms with Crippen LogP contribution in [0.2, 0.25) is 0 Å². The van der Waals surface area contributed by atoms with E-state index >= 15 is 0 Å². The first-order valence-electron chi connectivity index (χ1n) is 7.33. The summed E-state index contributed by atoms with van der Waals surface area (Å²) in [6.45, 7) is 10.9. The van der Waals surface area contributed by atoms with Crippen molar-refractivity contribution in [1.29, 1.82) is 0 Å². The zero-order valence-corrected chi connectivity index (χ0v) is 13.1. The van der Waals surface area contributed by atoms with Crippen molar-refractivity contribution in [3.63, 3.8) is 0 Å². The second-order valence-corrected chi connectivity index (χ2v) is 5.95. The summed E-state index contributed by atoms with van der Waals surface area (Å²) in [5, 5.41) is 3.58. The van der Waals surface area contributed by atoms with Gasteiger partial charge in [-0.1, -0.05) is 43.7 Å². The van der Waals surface area contributed by atoms with Gasteiger partial charge in [0, 0.05) is 13.7 Å². The topological polar surface area (TPSA) is 21.3 Å². The second kappa shape index (κ2) is 8.34. The van der Waals surface area contributed by atoms with E-state index in [2.05, 4.69) is 57.3 Å². The van der Waals surface area contributed by atoms with E-state index in [0.29, 0.717) is 17.9 Å². The highest BCUT2D eigenvalue weighted by molar-refractivity contribution is 5.25. The SMILES string of the molecule is COC(C)CC(CNCC(C)C)c1cccc(C)c1. The van der Waals surface area contributed by atoms with Crippen LogP contribution in [-0.4, -0.2) is 26.3 Å². The van der Waals surface area contributed by atoms with Gasteiger partial charge >= 0.3 is 0 Å². The maximum absolute atomic E-state index is 5.43. The van der Waals surface area contributed by atoms with Crippen LogP contribution in [0, 0.1) is 12.8 Å². The summed E-state index contributed by atoms with van der Waals surface area (Å²) in [7, 11) is 1.79. The molecule has 1 aromatic rings. The Bertz CT molecular complexity index is 362. The Morgan fingerprint density at radius 3 is 2.47 bits per heavy atom. The zero-order valence-electron chi connectivity index (χ0n) is 13.1. The van der Waals surface area contributed by atoms with Crippen molar-refractivity contribution < 1.29 is 4.74 Å². The maximum Gasteiger partial charge on any atom is 0.0549 e. The van der Waals surface area contributed by atoms with Gasteiger partial charge in [0.15, 0.2) is 0 Å². The summed E-state index contributed by atoms with van der Waals surface area (Å²) < 4.78 is 5.43. The number of ether oxygens (including phenoxy) is 1.